The molecule has 1 unspecified atom stereocenters. The molecule has 1 aromatic carbocycles. The summed E-state index contributed by atoms with van der Waals surface area (Å²) in [5, 5.41) is 48.1. The molecule has 2 aliphatic rings. The van der Waals surface area contributed by atoms with E-state index in [0.717, 1.165) is 40.1 Å². The monoisotopic (exact) mass is 688 g/mol. The van der Waals surface area contributed by atoms with Crippen LogP contribution in [-0.2, 0) is 24.0 Å². The molecule has 2 aliphatic heterocycles. The van der Waals surface area contributed by atoms with Gasteiger partial charge in [0.1, 0.15) is 28.4 Å². The van der Waals surface area contributed by atoms with E-state index in [-0.39, 0.29) is 39.7 Å². The van der Waals surface area contributed by atoms with Crippen molar-refractivity contribution in [3.05, 3.63) is 56.5 Å². The SMILES string of the molecule is CC(C)(O/N=C(\C(=O)NC1C(=O)N2C(C(=O)O)=C(CNC(=O)c3cc4ccc(O)c(O)c4oc3=O)CS[C@@H]12)c1csc(N)n1)C(=O)O. The minimum absolute atomic E-state index is 0.00167. The highest BCUT2D eigenvalue weighted by molar-refractivity contribution is 8.00. The van der Waals surface area contributed by atoms with Crippen LogP contribution < -0.4 is 22.0 Å². The molecule has 1 saturated heterocycles. The first-order valence-electron chi connectivity index (χ1n) is 13.3. The Morgan fingerprint density at radius 2 is 1.94 bits per heavy atom. The molecule has 0 radical (unpaired) electrons. The van der Waals surface area contributed by atoms with E-state index in [4.69, 9.17) is 15.0 Å². The topological polar surface area (TPSA) is 284 Å². The number of nitrogens with two attached hydrogens (primary N) is 1. The largest absolute Gasteiger partial charge is 0.504 e. The molecule has 246 valence electrons. The molecule has 20 heteroatoms. The number of anilines is 1. The number of phenolic OH excluding ortho intramolecular Hbond substituents is 2. The van der Waals surface area contributed by atoms with Crippen molar-refractivity contribution >= 4 is 74.6 Å². The number of carboxylic acids is 2. The Morgan fingerprint density at radius 1 is 1.21 bits per heavy atom. The van der Waals surface area contributed by atoms with Gasteiger partial charge in [-0.3, -0.25) is 19.3 Å². The Balaban J connectivity index is 1.32. The number of thiazole rings is 1. The Morgan fingerprint density at radius 3 is 2.57 bits per heavy atom. The number of carbonyl (C=O) groups is 5. The van der Waals surface area contributed by atoms with E-state index >= 15 is 0 Å². The van der Waals surface area contributed by atoms with Crippen molar-refractivity contribution in [1.82, 2.24) is 20.5 Å². The number of fused-ring (bicyclic) bond motifs is 2. The molecule has 1 fully saturated rings. The van der Waals surface area contributed by atoms with E-state index in [0.29, 0.717) is 0 Å². The lowest BCUT2D eigenvalue weighted by Crippen LogP contribution is -2.71. The normalized spacial score (nSPS) is 18.0. The van der Waals surface area contributed by atoms with Crippen LogP contribution >= 0.6 is 23.1 Å². The Hall–Kier alpha value is -5.63. The number of aliphatic carboxylic acids is 2. The average molecular weight is 689 g/mol. The van der Waals surface area contributed by atoms with Crippen LogP contribution in [0.2, 0.25) is 0 Å². The van der Waals surface area contributed by atoms with Gasteiger partial charge in [-0.25, -0.2) is 19.4 Å². The van der Waals surface area contributed by atoms with Gasteiger partial charge in [0, 0.05) is 23.1 Å². The number of amides is 3. The van der Waals surface area contributed by atoms with Gasteiger partial charge in [-0.1, -0.05) is 5.16 Å². The van der Waals surface area contributed by atoms with Crippen molar-refractivity contribution in [1.29, 1.82) is 0 Å². The highest BCUT2D eigenvalue weighted by Crippen LogP contribution is 2.40. The van der Waals surface area contributed by atoms with Crippen LogP contribution in [0.1, 0.15) is 29.9 Å². The zero-order valence-corrected chi connectivity index (χ0v) is 25.8. The number of rotatable bonds is 10. The van der Waals surface area contributed by atoms with E-state index in [2.05, 4.69) is 20.8 Å². The fraction of sp³-hybridized carbons (Fsp3) is 0.259. The fourth-order valence-corrected chi connectivity index (χ4v) is 6.32. The van der Waals surface area contributed by atoms with Gasteiger partial charge in [-0.2, -0.15) is 0 Å². The number of aromatic nitrogens is 1. The molecule has 3 amide bonds. The van der Waals surface area contributed by atoms with Crippen LogP contribution in [0.4, 0.5) is 5.13 Å². The maximum absolute atomic E-state index is 13.2. The molecule has 18 nitrogen and oxygen atoms in total. The van der Waals surface area contributed by atoms with Gasteiger partial charge >= 0.3 is 17.6 Å². The van der Waals surface area contributed by atoms with Gasteiger partial charge in [0.25, 0.3) is 17.7 Å². The number of hydrogen-bond donors (Lipinski definition) is 7. The molecule has 2 aromatic heterocycles. The number of benzene rings is 1. The van der Waals surface area contributed by atoms with E-state index in [9.17, 15) is 49.2 Å². The summed E-state index contributed by atoms with van der Waals surface area (Å²) in [5.74, 6) is -6.76. The zero-order chi connectivity index (χ0) is 34.4. The van der Waals surface area contributed by atoms with E-state index in [1.54, 1.807) is 0 Å². The number of phenols is 2. The summed E-state index contributed by atoms with van der Waals surface area (Å²) in [6, 6.07) is 2.35. The van der Waals surface area contributed by atoms with Crippen molar-refractivity contribution < 1.29 is 53.7 Å². The molecule has 0 aliphatic carbocycles. The van der Waals surface area contributed by atoms with Crippen LogP contribution in [0.25, 0.3) is 11.0 Å². The summed E-state index contributed by atoms with van der Waals surface area (Å²) in [7, 11) is 0. The second kappa shape index (κ2) is 12.3. The fourth-order valence-electron chi connectivity index (χ4n) is 4.43. The van der Waals surface area contributed by atoms with Crippen LogP contribution in [0.5, 0.6) is 11.5 Å². The summed E-state index contributed by atoms with van der Waals surface area (Å²) in [6.07, 6.45) is 0. The standard InChI is InChI=1S/C27H24N6O12S2/c1-27(2,25(42)43)45-32-14(12-8-47-26(28)30-12)20(37)31-15-21(38)33-16(23(39)40)10(7-46-22(15)33)6-29-19(36)11-5-9-3-4-13(34)17(35)18(9)44-24(11)41/h3-5,8,15,22,34-35H,6-7H2,1-2H3,(H2,28,30)(H,29,36)(H,31,37)(H,39,40)(H,42,43)/b32-14-/t15?,22-/m0/s1. The molecule has 8 N–H and O–H groups in total. The lowest BCUT2D eigenvalue weighted by Gasteiger charge is -2.49. The number of nitrogens with one attached hydrogen (secondary N) is 2. The van der Waals surface area contributed by atoms with E-state index in [1.165, 1.54) is 25.3 Å². The van der Waals surface area contributed by atoms with E-state index < -0.39 is 80.8 Å². The number of nitrogens with zero attached hydrogens (tertiary/aromatic N) is 3. The molecular formula is C27H24N6O12S2. The predicted molar refractivity (Wildman–Crippen MR) is 164 cm³/mol. The number of aromatic hydroxyl groups is 2. The first kappa shape index (κ1) is 32.8. The zero-order valence-electron chi connectivity index (χ0n) is 24.2. The van der Waals surface area contributed by atoms with Gasteiger partial charge in [-0.05, 0) is 37.6 Å². The summed E-state index contributed by atoms with van der Waals surface area (Å²) in [4.78, 5) is 85.4. The van der Waals surface area contributed by atoms with Gasteiger partial charge in [0.15, 0.2) is 22.2 Å². The number of thioether (sulfide) groups is 1. The third-order valence-corrected chi connectivity index (χ3v) is 8.97. The molecule has 47 heavy (non-hydrogen) atoms. The van der Waals surface area contributed by atoms with Gasteiger partial charge < -0.3 is 46.0 Å². The smallest absolute Gasteiger partial charge is 0.352 e. The van der Waals surface area contributed by atoms with Crippen LogP contribution in [-0.4, -0.2) is 95.0 Å². The van der Waals surface area contributed by atoms with Gasteiger partial charge in [0.2, 0.25) is 11.4 Å². The minimum atomic E-state index is -1.83. The lowest BCUT2D eigenvalue weighted by atomic mass is 10.0. The van der Waals surface area contributed by atoms with Gasteiger partial charge in [0.05, 0.1) is 0 Å². The van der Waals surface area contributed by atoms with Crippen molar-refractivity contribution in [2.75, 3.05) is 18.0 Å². The molecular weight excluding hydrogens is 664 g/mol. The second-order valence-corrected chi connectivity index (χ2v) is 12.5. The first-order chi connectivity index (χ1) is 22.1. The van der Waals surface area contributed by atoms with Crippen molar-refractivity contribution in [2.45, 2.75) is 30.9 Å². The summed E-state index contributed by atoms with van der Waals surface area (Å²) in [5.41, 5.74) is 1.10. The van der Waals surface area contributed by atoms with Crippen LogP contribution in [0.15, 0.2) is 49.2 Å². The highest BCUT2D eigenvalue weighted by atomic mass is 32.2. The number of hydrogen-bond acceptors (Lipinski definition) is 15. The van der Waals surface area contributed by atoms with Crippen molar-refractivity contribution in [2.24, 2.45) is 5.16 Å². The Labute approximate surface area is 270 Å². The highest BCUT2D eigenvalue weighted by Gasteiger charge is 2.54. The molecule has 3 aromatic rings. The molecule has 2 atom stereocenters. The van der Waals surface area contributed by atoms with Crippen molar-refractivity contribution in [3.63, 3.8) is 0 Å². The van der Waals surface area contributed by atoms with Crippen LogP contribution in [0.3, 0.4) is 0 Å². The summed E-state index contributed by atoms with van der Waals surface area (Å²) in [6.45, 7) is 2.02. The number of β-lactam (4-membered cyclic amide) rings is 1. The molecule has 0 spiro atoms. The number of nitrogen functional groups attached to an aromatic ring is 1. The minimum Gasteiger partial charge on any atom is -0.504 e. The average Bonchev–Trinajstić information content (AvgIpc) is 3.45. The Kier molecular flexibility index (Phi) is 8.56. The quantitative estimate of drug-likeness (QED) is 0.0485. The number of carbonyl (C=O) groups excluding carboxylic acids is 3. The summed E-state index contributed by atoms with van der Waals surface area (Å²) < 4.78 is 4.99. The number of carboxylic acid groups (broad SMARTS) is 2. The number of oxime groups is 1. The third-order valence-electron chi connectivity index (χ3n) is 6.96. The van der Waals surface area contributed by atoms with E-state index in [1.807, 2.05) is 0 Å². The maximum Gasteiger partial charge on any atom is 0.352 e. The molecule has 5 rings (SSSR count). The molecule has 0 bridgehead atoms. The lowest BCUT2D eigenvalue weighted by molar-refractivity contribution is -0.161. The second-order valence-electron chi connectivity index (χ2n) is 10.5. The third kappa shape index (κ3) is 6.14. The summed E-state index contributed by atoms with van der Waals surface area (Å²) >= 11 is 2.06. The molecule has 4 heterocycles. The van der Waals surface area contributed by atoms with Crippen molar-refractivity contribution in [3.8, 4) is 11.5 Å². The Bertz CT molecular complexity index is 1980. The molecule has 0 saturated carbocycles. The van der Waals surface area contributed by atoms with Crippen LogP contribution in [0, 0.1) is 0 Å². The van der Waals surface area contributed by atoms with Gasteiger partial charge in [-0.15, -0.1) is 23.1 Å². The first-order valence-corrected chi connectivity index (χ1v) is 15.2. The maximum atomic E-state index is 13.2. The predicted octanol–water partition coefficient (Wildman–Crippen LogP) is -0.00460.